The van der Waals surface area contributed by atoms with Gasteiger partial charge in [-0.15, -0.1) is 10.2 Å². The largest absolute Gasteiger partial charge is 0.504 e. The summed E-state index contributed by atoms with van der Waals surface area (Å²) in [5.41, 5.74) is 5.63. The Kier molecular flexibility index (Phi) is 2.05. The Bertz CT molecular complexity index is 482. The summed E-state index contributed by atoms with van der Waals surface area (Å²) >= 11 is 0. The Balaban J connectivity index is 2.28. The van der Waals surface area contributed by atoms with Crippen LogP contribution in [-0.2, 0) is 0 Å². The van der Waals surface area contributed by atoms with Crippen LogP contribution in [0.4, 0.5) is 17.6 Å². The van der Waals surface area contributed by atoms with E-state index in [1.54, 1.807) is 12.1 Å². The number of aromatic amines is 1. The molecule has 0 saturated carbocycles. The van der Waals surface area contributed by atoms with Crippen molar-refractivity contribution in [3.63, 3.8) is 0 Å². The first-order valence-corrected chi connectivity index (χ1v) is 4.13. The molecule has 0 amide bonds. The molecule has 0 fully saturated rings. The average molecular weight is 207 g/mol. The molecular weight excluding hydrogens is 198 g/mol. The molecule has 0 radical (unpaired) electrons. The molecule has 7 nitrogen and oxygen atoms in total. The summed E-state index contributed by atoms with van der Waals surface area (Å²) in [6, 6.07) is 4.53. The molecule has 0 bridgehead atoms. The number of aromatic hydroxyl groups is 2. The topological polar surface area (TPSA) is 120 Å². The van der Waals surface area contributed by atoms with Crippen LogP contribution < -0.4 is 11.1 Å². The highest BCUT2D eigenvalue weighted by atomic mass is 16.3. The fraction of sp³-hybridized carbons (Fsp3) is 0. The number of rotatable bonds is 2. The lowest BCUT2D eigenvalue weighted by molar-refractivity contribution is 0.405. The van der Waals surface area contributed by atoms with Gasteiger partial charge in [0.15, 0.2) is 11.5 Å². The molecule has 15 heavy (non-hydrogen) atoms. The molecule has 7 heteroatoms. The van der Waals surface area contributed by atoms with Crippen LogP contribution in [0.15, 0.2) is 18.2 Å². The monoisotopic (exact) mass is 207 g/mol. The minimum Gasteiger partial charge on any atom is -0.504 e. The fourth-order valence-corrected chi connectivity index (χ4v) is 1.09. The molecule has 6 N–H and O–H groups in total. The average Bonchev–Trinajstić information content (AvgIpc) is 2.59. The predicted octanol–water partition coefficient (Wildman–Crippen LogP) is 0.542. The van der Waals surface area contributed by atoms with Gasteiger partial charge in [-0.2, -0.15) is 0 Å². The molecular formula is C8H9N5O2. The molecule has 2 rings (SSSR count). The van der Waals surface area contributed by atoms with Crippen LogP contribution in [0.2, 0.25) is 0 Å². The van der Waals surface area contributed by atoms with Crippen molar-refractivity contribution >= 4 is 17.6 Å². The standard InChI is InChI=1S/C8H9N5O2/c9-7-11-8(13-12-7)10-4-2-1-3-5(14)6(4)15/h1-3,14-15H,(H4,9,10,11,12,13). The van der Waals surface area contributed by atoms with E-state index < -0.39 is 0 Å². The van der Waals surface area contributed by atoms with Gasteiger partial charge < -0.3 is 21.3 Å². The lowest BCUT2D eigenvalue weighted by Gasteiger charge is -2.05. The molecule has 0 atom stereocenters. The van der Waals surface area contributed by atoms with Crippen LogP contribution in [0.3, 0.4) is 0 Å². The van der Waals surface area contributed by atoms with Gasteiger partial charge in [0, 0.05) is 0 Å². The maximum atomic E-state index is 9.46. The number of aromatic nitrogens is 3. The quantitative estimate of drug-likeness (QED) is 0.458. The van der Waals surface area contributed by atoms with Crippen molar-refractivity contribution in [1.82, 2.24) is 15.2 Å². The van der Waals surface area contributed by atoms with Crippen LogP contribution in [-0.4, -0.2) is 25.4 Å². The first-order chi connectivity index (χ1) is 7.16. The minimum atomic E-state index is -0.257. The van der Waals surface area contributed by atoms with E-state index in [9.17, 15) is 10.2 Å². The Morgan fingerprint density at radius 1 is 1.27 bits per heavy atom. The molecule has 0 spiro atoms. The first kappa shape index (κ1) is 9.13. The Labute approximate surface area is 84.6 Å². The van der Waals surface area contributed by atoms with Crippen molar-refractivity contribution in [2.24, 2.45) is 0 Å². The third kappa shape index (κ3) is 1.75. The molecule has 2 aromatic rings. The zero-order valence-electron chi connectivity index (χ0n) is 7.60. The number of nitrogens with one attached hydrogen (secondary N) is 2. The van der Waals surface area contributed by atoms with Crippen LogP contribution in [0, 0.1) is 0 Å². The van der Waals surface area contributed by atoms with Gasteiger partial charge in [0.25, 0.3) is 0 Å². The Hall–Kier alpha value is -2.44. The molecule has 0 saturated heterocycles. The molecule has 1 aromatic heterocycles. The molecule has 0 unspecified atom stereocenters. The van der Waals surface area contributed by atoms with Gasteiger partial charge in [-0.3, -0.25) is 4.98 Å². The third-order valence-electron chi connectivity index (χ3n) is 1.77. The van der Waals surface area contributed by atoms with Gasteiger partial charge >= 0.3 is 0 Å². The van der Waals surface area contributed by atoms with Crippen LogP contribution in [0.5, 0.6) is 11.5 Å². The number of hydrogen-bond acceptors (Lipinski definition) is 6. The summed E-state index contributed by atoms with van der Waals surface area (Å²) in [5, 5.41) is 28.6. The van der Waals surface area contributed by atoms with Gasteiger partial charge in [0.05, 0.1) is 5.69 Å². The predicted molar refractivity (Wildman–Crippen MR) is 53.8 cm³/mol. The lowest BCUT2D eigenvalue weighted by atomic mass is 10.3. The zero-order chi connectivity index (χ0) is 10.8. The van der Waals surface area contributed by atoms with E-state index in [4.69, 9.17) is 5.73 Å². The number of nitrogens with two attached hydrogens (primary N) is 1. The second-order valence-electron chi connectivity index (χ2n) is 2.86. The maximum absolute atomic E-state index is 9.46. The van der Waals surface area contributed by atoms with Crippen LogP contribution in [0.25, 0.3) is 0 Å². The zero-order valence-corrected chi connectivity index (χ0v) is 7.60. The van der Waals surface area contributed by atoms with Gasteiger partial charge in [0.2, 0.25) is 11.9 Å². The highest BCUT2D eigenvalue weighted by molar-refractivity contribution is 5.66. The highest BCUT2D eigenvalue weighted by Crippen LogP contribution is 2.33. The summed E-state index contributed by atoms with van der Waals surface area (Å²) in [5.74, 6) is -0.0227. The summed E-state index contributed by atoms with van der Waals surface area (Å²) < 4.78 is 0. The van der Waals surface area contributed by atoms with E-state index in [-0.39, 0.29) is 23.4 Å². The summed E-state index contributed by atoms with van der Waals surface area (Å²) in [6.45, 7) is 0. The van der Waals surface area contributed by atoms with Crippen molar-refractivity contribution in [1.29, 1.82) is 0 Å². The second kappa shape index (κ2) is 3.37. The second-order valence-corrected chi connectivity index (χ2v) is 2.86. The van der Waals surface area contributed by atoms with Crippen molar-refractivity contribution < 1.29 is 10.2 Å². The number of hydrogen-bond donors (Lipinski definition) is 5. The number of anilines is 3. The van der Waals surface area contributed by atoms with Gasteiger partial charge in [-0.25, -0.2) is 0 Å². The van der Waals surface area contributed by atoms with Crippen LogP contribution >= 0.6 is 0 Å². The Morgan fingerprint density at radius 3 is 2.73 bits per heavy atom. The van der Waals surface area contributed by atoms with Crippen molar-refractivity contribution in [2.45, 2.75) is 0 Å². The highest BCUT2D eigenvalue weighted by Gasteiger charge is 2.07. The lowest BCUT2D eigenvalue weighted by Crippen LogP contribution is -1.93. The SMILES string of the molecule is Nc1nnc(Nc2cccc(O)c2O)[nH]1. The Morgan fingerprint density at radius 2 is 2.07 bits per heavy atom. The van der Waals surface area contributed by atoms with E-state index in [0.717, 1.165) is 0 Å². The van der Waals surface area contributed by atoms with Gasteiger partial charge in [0.1, 0.15) is 0 Å². The maximum Gasteiger partial charge on any atom is 0.227 e. The number of benzene rings is 1. The molecule has 0 aliphatic carbocycles. The number of H-pyrrole nitrogens is 1. The summed E-state index contributed by atoms with van der Waals surface area (Å²) in [6.07, 6.45) is 0. The smallest absolute Gasteiger partial charge is 0.227 e. The van der Waals surface area contributed by atoms with E-state index in [1.807, 2.05) is 0 Å². The van der Waals surface area contributed by atoms with Crippen LogP contribution in [0.1, 0.15) is 0 Å². The van der Waals surface area contributed by atoms with Crippen molar-refractivity contribution in [3.05, 3.63) is 18.2 Å². The summed E-state index contributed by atoms with van der Waals surface area (Å²) in [7, 11) is 0. The first-order valence-electron chi connectivity index (χ1n) is 4.13. The third-order valence-corrected chi connectivity index (χ3v) is 1.77. The minimum absolute atomic E-state index is 0.164. The van der Waals surface area contributed by atoms with Crippen molar-refractivity contribution in [3.8, 4) is 11.5 Å². The molecule has 1 heterocycles. The summed E-state index contributed by atoms with van der Waals surface area (Å²) in [4.78, 5) is 2.62. The fourth-order valence-electron chi connectivity index (χ4n) is 1.09. The van der Waals surface area contributed by atoms with Crippen molar-refractivity contribution in [2.75, 3.05) is 11.1 Å². The number of nitrogens with zero attached hydrogens (tertiary/aromatic N) is 2. The van der Waals surface area contributed by atoms with E-state index in [1.165, 1.54) is 6.07 Å². The van der Waals surface area contributed by atoms with Gasteiger partial charge in [-0.05, 0) is 12.1 Å². The number of para-hydroxylation sites is 1. The molecule has 1 aromatic carbocycles. The van der Waals surface area contributed by atoms with E-state index >= 15 is 0 Å². The normalized spacial score (nSPS) is 10.1. The van der Waals surface area contributed by atoms with E-state index in [2.05, 4.69) is 20.5 Å². The molecule has 78 valence electrons. The molecule has 0 aliphatic rings. The van der Waals surface area contributed by atoms with E-state index in [0.29, 0.717) is 5.69 Å². The van der Waals surface area contributed by atoms with Gasteiger partial charge in [-0.1, -0.05) is 6.07 Å². The number of nitrogen functional groups attached to an aromatic ring is 1. The number of phenolic OH excluding ortho intramolecular Hbond substituents is 2. The number of phenols is 2. The molecule has 0 aliphatic heterocycles.